The molecule has 1 radical (unpaired) electrons. The molecule has 1 aromatic rings. The lowest BCUT2D eigenvalue weighted by molar-refractivity contribution is 0.192. The third kappa shape index (κ3) is 1.99. The van der Waals surface area contributed by atoms with E-state index in [1.54, 1.807) is 0 Å². The van der Waals surface area contributed by atoms with Crippen molar-refractivity contribution in [2.75, 3.05) is 11.9 Å². The van der Waals surface area contributed by atoms with Gasteiger partial charge < -0.3 is 4.74 Å². The molecule has 0 N–H and O–H groups in total. The van der Waals surface area contributed by atoms with Crippen molar-refractivity contribution in [3.63, 3.8) is 0 Å². The molecule has 0 aliphatic heterocycles. The van der Waals surface area contributed by atoms with E-state index in [-0.39, 0.29) is 5.69 Å². The van der Waals surface area contributed by atoms with Crippen LogP contribution < -0.4 is 4.90 Å². The monoisotopic (exact) mass is 200 g/mol. The second-order valence-corrected chi connectivity index (χ2v) is 2.56. The first-order chi connectivity index (χ1) is 6.56. The molecule has 0 bridgehead atoms. The summed E-state index contributed by atoms with van der Waals surface area (Å²) in [4.78, 5) is 11.8. The number of halogens is 2. The van der Waals surface area contributed by atoms with Crippen molar-refractivity contribution in [3.8, 4) is 0 Å². The van der Waals surface area contributed by atoms with Crippen molar-refractivity contribution in [1.82, 2.24) is 0 Å². The van der Waals surface area contributed by atoms with Gasteiger partial charge in [-0.2, -0.15) is 0 Å². The highest BCUT2D eigenvalue weighted by Crippen LogP contribution is 2.19. The maximum absolute atomic E-state index is 13.1. The standard InChI is InChI=1S/C9H8F2NO2/c1-12(9(13)14-2)8-4-3-6(10)5-7(8)11/h3-5H,2H2,1H3. The van der Waals surface area contributed by atoms with Gasteiger partial charge in [-0.3, -0.25) is 4.90 Å². The Morgan fingerprint density at radius 3 is 2.64 bits per heavy atom. The minimum absolute atomic E-state index is 0.0694. The van der Waals surface area contributed by atoms with Gasteiger partial charge in [0.1, 0.15) is 18.7 Å². The SMILES string of the molecule is [CH2]OC(=O)N(C)c1ccc(F)cc1F. The number of ether oxygens (including phenoxy) is 1. The van der Waals surface area contributed by atoms with E-state index < -0.39 is 17.7 Å². The molecule has 0 saturated carbocycles. The minimum Gasteiger partial charge on any atom is -0.446 e. The Hall–Kier alpha value is -1.65. The van der Waals surface area contributed by atoms with Crippen LogP contribution in [0, 0.1) is 18.7 Å². The zero-order chi connectivity index (χ0) is 10.7. The van der Waals surface area contributed by atoms with Gasteiger partial charge in [0.25, 0.3) is 0 Å². The first kappa shape index (κ1) is 10.4. The molecular formula is C9H8F2NO2. The average Bonchev–Trinajstić information content (AvgIpc) is 2.15. The number of anilines is 1. The van der Waals surface area contributed by atoms with Gasteiger partial charge in [-0.25, -0.2) is 13.6 Å². The molecule has 14 heavy (non-hydrogen) atoms. The van der Waals surface area contributed by atoms with Crippen LogP contribution in [0.15, 0.2) is 18.2 Å². The molecule has 1 rings (SSSR count). The second-order valence-electron chi connectivity index (χ2n) is 2.56. The van der Waals surface area contributed by atoms with Gasteiger partial charge in [0, 0.05) is 13.1 Å². The van der Waals surface area contributed by atoms with Crippen molar-refractivity contribution in [1.29, 1.82) is 0 Å². The summed E-state index contributed by atoms with van der Waals surface area (Å²) in [7, 11) is 4.19. The lowest BCUT2D eigenvalue weighted by Crippen LogP contribution is -2.26. The second kappa shape index (κ2) is 4.04. The Kier molecular flexibility index (Phi) is 3.01. The Morgan fingerprint density at radius 2 is 2.14 bits per heavy atom. The van der Waals surface area contributed by atoms with E-state index >= 15 is 0 Å². The fourth-order valence-corrected chi connectivity index (χ4v) is 0.948. The number of carbonyl (C=O) groups excluding carboxylic acids is 1. The van der Waals surface area contributed by atoms with Gasteiger partial charge in [-0.1, -0.05) is 0 Å². The number of nitrogens with zero attached hydrogens (tertiary/aromatic N) is 1. The normalized spacial score (nSPS) is 9.71. The topological polar surface area (TPSA) is 29.5 Å². The molecule has 0 aliphatic rings. The van der Waals surface area contributed by atoms with Gasteiger partial charge >= 0.3 is 6.09 Å². The predicted octanol–water partition coefficient (Wildman–Crippen LogP) is 2.33. The fourth-order valence-electron chi connectivity index (χ4n) is 0.948. The van der Waals surface area contributed by atoms with Crippen molar-refractivity contribution < 1.29 is 18.3 Å². The summed E-state index contributed by atoms with van der Waals surface area (Å²) in [6, 6.07) is 2.87. The molecule has 0 unspecified atom stereocenters. The molecule has 0 heterocycles. The quantitative estimate of drug-likeness (QED) is 0.696. The number of hydrogen-bond acceptors (Lipinski definition) is 2. The highest BCUT2D eigenvalue weighted by molar-refractivity contribution is 5.87. The largest absolute Gasteiger partial charge is 0.446 e. The van der Waals surface area contributed by atoms with Crippen molar-refractivity contribution in [2.24, 2.45) is 0 Å². The average molecular weight is 200 g/mol. The summed E-state index contributed by atoms with van der Waals surface area (Å²) < 4.78 is 29.7. The van der Waals surface area contributed by atoms with Gasteiger partial charge in [0.15, 0.2) is 0 Å². The van der Waals surface area contributed by atoms with E-state index in [4.69, 9.17) is 0 Å². The molecule has 0 atom stereocenters. The first-order valence-corrected chi connectivity index (χ1v) is 3.71. The molecule has 0 aromatic heterocycles. The minimum atomic E-state index is -0.835. The Labute approximate surface area is 79.9 Å². The molecule has 0 saturated heterocycles. The van der Waals surface area contributed by atoms with Gasteiger partial charge in [0.05, 0.1) is 5.69 Å². The van der Waals surface area contributed by atoms with Gasteiger partial charge in [0.2, 0.25) is 0 Å². The molecule has 1 amide bonds. The van der Waals surface area contributed by atoms with Crippen LogP contribution in [0.25, 0.3) is 0 Å². The van der Waals surface area contributed by atoms with E-state index in [1.165, 1.54) is 7.05 Å². The third-order valence-corrected chi connectivity index (χ3v) is 1.67. The molecule has 3 nitrogen and oxygen atoms in total. The number of amides is 1. The molecule has 1 aromatic carbocycles. The summed E-state index contributed by atoms with van der Waals surface area (Å²) in [5.41, 5.74) is -0.0694. The molecule has 0 fully saturated rings. The van der Waals surface area contributed by atoms with E-state index in [1.807, 2.05) is 0 Å². The summed E-state index contributed by atoms with van der Waals surface area (Å²) in [5, 5.41) is 0. The molecule has 0 spiro atoms. The predicted molar refractivity (Wildman–Crippen MR) is 46.6 cm³/mol. The van der Waals surface area contributed by atoms with E-state index in [2.05, 4.69) is 11.8 Å². The molecule has 75 valence electrons. The maximum atomic E-state index is 13.1. The zero-order valence-electron chi connectivity index (χ0n) is 7.46. The number of carbonyl (C=O) groups is 1. The Balaban J connectivity index is 3.01. The van der Waals surface area contributed by atoms with Gasteiger partial charge in [-0.15, -0.1) is 0 Å². The number of hydrogen-bond donors (Lipinski definition) is 0. The zero-order valence-corrected chi connectivity index (χ0v) is 7.46. The Bertz CT molecular complexity index is 355. The Morgan fingerprint density at radius 1 is 1.50 bits per heavy atom. The smallest absolute Gasteiger partial charge is 0.414 e. The van der Waals surface area contributed by atoms with Crippen LogP contribution in [0.2, 0.25) is 0 Å². The maximum Gasteiger partial charge on any atom is 0.414 e. The number of rotatable bonds is 1. The highest BCUT2D eigenvalue weighted by Gasteiger charge is 2.15. The van der Waals surface area contributed by atoms with Crippen molar-refractivity contribution in [2.45, 2.75) is 0 Å². The molecule has 0 aliphatic carbocycles. The van der Waals surface area contributed by atoms with Crippen molar-refractivity contribution in [3.05, 3.63) is 36.9 Å². The lowest BCUT2D eigenvalue weighted by atomic mass is 10.3. The van der Waals surface area contributed by atoms with Crippen molar-refractivity contribution >= 4 is 11.8 Å². The van der Waals surface area contributed by atoms with Crippen LogP contribution in [-0.4, -0.2) is 13.1 Å². The van der Waals surface area contributed by atoms with E-state index in [0.717, 1.165) is 17.0 Å². The summed E-state index contributed by atoms with van der Waals surface area (Å²) in [5.74, 6) is -1.54. The van der Waals surface area contributed by atoms with Crippen LogP contribution in [0.3, 0.4) is 0 Å². The summed E-state index contributed by atoms with van der Waals surface area (Å²) in [6.45, 7) is 0. The summed E-state index contributed by atoms with van der Waals surface area (Å²) in [6.07, 6.45) is -0.824. The molecule has 5 heteroatoms. The molecular weight excluding hydrogens is 192 g/mol. The first-order valence-electron chi connectivity index (χ1n) is 3.71. The van der Waals surface area contributed by atoms with Crippen LogP contribution in [0.5, 0.6) is 0 Å². The van der Waals surface area contributed by atoms with E-state index in [0.29, 0.717) is 6.07 Å². The number of benzene rings is 1. The fraction of sp³-hybridized carbons (Fsp3) is 0.111. The van der Waals surface area contributed by atoms with E-state index in [9.17, 15) is 13.6 Å². The van der Waals surface area contributed by atoms with Crippen LogP contribution in [0.4, 0.5) is 19.3 Å². The van der Waals surface area contributed by atoms with Crippen LogP contribution in [-0.2, 0) is 4.74 Å². The van der Waals surface area contributed by atoms with Crippen LogP contribution >= 0.6 is 0 Å². The van der Waals surface area contributed by atoms with Gasteiger partial charge in [-0.05, 0) is 12.1 Å². The lowest BCUT2D eigenvalue weighted by Gasteiger charge is -2.15. The third-order valence-electron chi connectivity index (χ3n) is 1.67. The summed E-state index contributed by atoms with van der Waals surface area (Å²) >= 11 is 0. The highest BCUT2D eigenvalue weighted by atomic mass is 19.1. The van der Waals surface area contributed by atoms with Crippen LogP contribution in [0.1, 0.15) is 0 Å².